The van der Waals surface area contributed by atoms with Gasteiger partial charge in [-0.1, -0.05) is 20.8 Å². The van der Waals surface area contributed by atoms with Gasteiger partial charge in [0.15, 0.2) is 0 Å². The van der Waals surface area contributed by atoms with Crippen LogP contribution in [0.15, 0.2) is 29.6 Å². The Labute approximate surface area is 116 Å². The number of ketones is 1. The highest BCUT2D eigenvalue weighted by atomic mass is 32.1. The standard InChI is InChI=1S/C15H16FNOS/c1-15(2,3)13(18)8-12-9-19-14(17-12)10-4-6-11(16)7-5-10/h4-7,9H,8H2,1-3H3. The maximum Gasteiger partial charge on any atom is 0.144 e. The third-order valence-corrected chi connectivity index (χ3v) is 3.76. The fourth-order valence-electron chi connectivity index (χ4n) is 1.54. The van der Waals surface area contributed by atoms with Crippen LogP contribution >= 0.6 is 11.3 Å². The van der Waals surface area contributed by atoms with E-state index in [9.17, 15) is 9.18 Å². The topological polar surface area (TPSA) is 30.0 Å². The van der Waals surface area contributed by atoms with Crippen molar-refractivity contribution in [1.82, 2.24) is 4.98 Å². The van der Waals surface area contributed by atoms with Crippen LogP contribution in [0.1, 0.15) is 26.5 Å². The van der Waals surface area contributed by atoms with Crippen molar-refractivity contribution in [2.24, 2.45) is 5.41 Å². The molecule has 0 saturated heterocycles. The van der Waals surface area contributed by atoms with Crippen molar-refractivity contribution in [3.8, 4) is 10.6 Å². The molecule has 0 aliphatic carbocycles. The van der Waals surface area contributed by atoms with Crippen LogP contribution < -0.4 is 0 Å². The number of hydrogen-bond donors (Lipinski definition) is 0. The number of thiazole rings is 1. The van der Waals surface area contributed by atoms with E-state index in [4.69, 9.17) is 0 Å². The fraction of sp³-hybridized carbons (Fsp3) is 0.333. The average Bonchev–Trinajstić information content (AvgIpc) is 2.77. The third-order valence-electron chi connectivity index (χ3n) is 2.82. The molecule has 0 aliphatic rings. The molecule has 1 aromatic carbocycles. The Morgan fingerprint density at radius 3 is 2.47 bits per heavy atom. The van der Waals surface area contributed by atoms with Gasteiger partial charge >= 0.3 is 0 Å². The van der Waals surface area contributed by atoms with Crippen molar-refractivity contribution in [2.75, 3.05) is 0 Å². The molecule has 1 aromatic heterocycles. The minimum atomic E-state index is -0.348. The summed E-state index contributed by atoms with van der Waals surface area (Å²) in [5.41, 5.74) is 1.31. The number of rotatable bonds is 3. The van der Waals surface area contributed by atoms with E-state index in [1.54, 1.807) is 12.1 Å². The van der Waals surface area contributed by atoms with E-state index in [1.165, 1.54) is 23.5 Å². The SMILES string of the molecule is CC(C)(C)C(=O)Cc1csc(-c2ccc(F)cc2)n1. The van der Waals surface area contributed by atoms with Crippen LogP contribution in [0.4, 0.5) is 4.39 Å². The summed E-state index contributed by atoms with van der Waals surface area (Å²) < 4.78 is 12.8. The van der Waals surface area contributed by atoms with E-state index in [2.05, 4.69) is 4.98 Å². The minimum absolute atomic E-state index is 0.170. The molecule has 0 aliphatic heterocycles. The third kappa shape index (κ3) is 3.47. The molecule has 4 heteroatoms. The van der Waals surface area contributed by atoms with Crippen LogP contribution in [-0.4, -0.2) is 10.8 Å². The first-order valence-electron chi connectivity index (χ1n) is 6.10. The summed E-state index contributed by atoms with van der Waals surface area (Å²) in [5.74, 6) is -0.0908. The summed E-state index contributed by atoms with van der Waals surface area (Å²) in [6, 6.07) is 6.22. The molecule has 100 valence electrons. The van der Waals surface area contributed by atoms with Crippen LogP contribution in [0, 0.1) is 11.2 Å². The number of carbonyl (C=O) groups excluding carboxylic acids is 1. The molecule has 0 unspecified atom stereocenters. The van der Waals surface area contributed by atoms with Gasteiger partial charge < -0.3 is 0 Å². The van der Waals surface area contributed by atoms with Gasteiger partial charge in [0.25, 0.3) is 0 Å². The molecule has 0 spiro atoms. The molecule has 0 bridgehead atoms. The summed E-state index contributed by atoms with van der Waals surface area (Å²) in [6.07, 6.45) is 0.348. The molecule has 0 radical (unpaired) electrons. The predicted molar refractivity (Wildman–Crippen MR) is 75.7 cm³/mol. The van der Waals surface area contributed by atoms with Gasteiger partial charge in [-0.3, -0.25) is 4.79 Å². The lowest BCUT2D eigenvalue weighted by atomic mass is 9.88. The molecule has 1 heterocycles. The summed E-state index contributed by atoms with van der Waals surface area (Å²) in [7, 11) is 0. The first kappa shape index (κ1) is 13.9. The van der Waals surface area contributed by atoms with Gasteiger partial charge in [-0.05, 0) is 24.3 Å². The maximum atomic E-state index is 12.8. The fourth-order valence-corrected chi connectivity index (χ4v) is 2.37. The number of aromatic nitrogens is 1. The molecule has 0 N–H and O–H groups in total. The van der Waals surface area contributed by atoms with Crippen molar-refractivity contribution in [2.45, 2.75) is 27.2 Å². The predicted octanol–water partition coefficient (Wildman–Crippen LogP) is 4.11. The number of hydrogen-bond acceptors (Lipinski definition) is 3. The molecule has 0 saturated carbocycles. The molecular formula is C15H16FNOS. The van der Waals surface area contributed by atoms with Crippen molar-refractivity contribution >= 4 is 17.1 Å². The number of halogens is 1. The van der Waals surface area contributed by atoms with Crippen molar-refractivity contribution in [1.29, 1.82) is 0 Å². The summed E-state index contributed by atoms with van der Waals surface area (Å²) in [6.45, 7) is 5.72. The second kappa shape index (κ2) is 5.21. The molecule has 2 nitrogen and oxygen atoms in total. The Morgan fingerprint density at radius 2 is 1.89 bits per heavy atom. The number of nitrogens with zero attached hydrogens (tertiary/aromatic N) is 1. The summed E-state index contributed by atoms with van der Waals surface area (Å²) >= 11 is 1.48. The van der Waals surface area contributed by atoms with Gasteiger partial charge in [0.1, 0.15) is 16.6 Å². The Hall–Kier alpha value is -1.55. The Morgan fingerprint density at radius 1 is 1.26 bits per heavy atom. The lowest BCUT2D eigenvalue weighted by Gasteiger charge is -2.15. The van der Waals surface area contributed by atoms with Gasteiger partial charge in [0.05, 0.1) is 12.1 Å². The van der Waals surface area contributed by atoms with Crippen LogP contribution in [0.5, 0.6) is 0 Å². The van der Waals surface area contributed by atoms with Gasteiger partial charge in [-0.25, -0.2) is 9.37 Å². The van der Waals surface area contributed by atoms with Crippen LogP contribution in [0.3, 0.4) is 0 Å². The molecule has 0 fully saturated rings. The molecular weight excluding hydrogens is 261 g/mol. The van der Waals surface area contributed by atoms with Gasteiger partial charge in [-0.15, -0.1) is 11.3 Å². The van der Waals surface area contributed by atoms with Crippen LogP contribution in [-0.2, 0) is 11.2 Å². The maximum absolute atomic E-state index is 12.8. The van der Waals surface area contributed by atoms with E-state index in [-0.39, 0.29) is 17.0 Å². The number of Topliss-reactive ketones (excluding diaryl/α,β-unsaturated/α-hetero) is 1. The largest absolute Gasteiger partial charge is 0.299 e. The highest BCUT2D eigenvalue weighted by Crippen LogP contribution is 2.25. The molecule has 0 atom stereocenters. The van der Waals surface area contributed by atoms with E-state index in [0.717, 1.165) is 16.3 Å². The zero-order chi connectivity index (χ0) is 14.0. The highest BCUT2D eigenvalue weighted by Gasteiger charge is 2.22. The number of benzene rings is 1. The first-order valence-corrected chi connectivity index (χ1v) is 6.98. The number of carbonyl (C=O) groups is 1. The van der Waals surface area contributed by atoms with Crippen molar-refractivity contribution < 1.29 is 9.18 Å². The molecule has 0 amide bonds. The second-order valence-electron chi connectivity index (χ2n) is 5.50. The van der Waals surface area contributed by atoms with Crippen LogP contribution in [0.25, 0.3) is 10.6 Å². The zero-order valence-electron chi connectivity index (χ0n) is 11.2. The molecule has 19 heavy (non-hydrogen) atoms. The molecule has 2 aromatic rings. The van der Waals surface area contributed by atoms with Crippen LogP contribution in [0.2, 0.25) is 0 Å². The molecule has 2 rings (SSSR count). The monoisotopic (exact) mass is 277 g/mol. The average molecular weight is 277 g/mol. The van der Waals surface area contributed by atoms with Crippen molar-refractivity contribution in [3.63, 3.8) is 0 Å². The Kier molecular flexibility index (Phi) is 3.80. The van der Waals surface area contributed by atoms with E-state index in [0.29, 0.717) is 6.42 Å². The summed E-state index contributed by atoms with van der Waals surface area (Å²) in [4.78, 5) is 16.4. The lowest BCUT2D eigenvalue weighted by Crippen LogP contribution is -2.22. The van der Waals surface area contributed by atoms with Gasteiger partial charge in [0, 0.05) is 16.4 Å². The smallest absolute Gasteiger partial charge is 0.144 e. The van der Waals surface area contributed by atoms with Gasteiger partial charge in [0.2, 0.25) is 0 Å². The zero-order valence-corrected chi connectivity index (χ0v) is 12.1. The van der Waals surface area contributed by atoms with Gasteiger partial charge in [-0.2, -0.15) is 0 Å². The highest BCUT2D eigenvalue weighted by molar-refractivity contribution is 7.13. The Bertz CT molecular complexity index is 581. The van der Waals surface area contributed by atoms with Crippen molar-refractivity contribution in [3.05, 3.63) is 41.2 Å². The van der Waals surface area contributed by atoms with E-state index >= 15 is 0 Å². The quantitative estimate of drug-likeness (QED) is 0.845. The second-order valence-corrected chi connectivity index (χ2v) is 6.36. The Balaban J connectivity index is 2.16. The summed E-state index contributed by atoms with van der Waals surface area (Å²) in [5, 5.41) is 2.71. The van der Waals surface area contributed by atoms with E-state index in [1.807, 2.05) is 26.2 Å². The lowest BCUT2D eigenvalue weighted by molar-refractivity contribution is -0.125. The van der Waals surface area contributed by atoms with E-state index < -0.39 is 0 Å². The normalized spacial score (nSPS) is 11.6. The minimum Gasteiger partial charge on any atom is -0.299 e. The first-order chi connectivity index (χ1) is 8.86.